The second kappa shape index (κ2) is 9.12. The van der Waals surface area contributed by atoms with E-state index in [0.717, 1.165) is 19.3 Å². The Kier molecular flexibility index (Phi) is 6.45. The van der Waals surface area contributed by atoms with Crippen molar-refractivity contribution in [1.82, 2.24) is 4.90 Å². The molecule has 0 radical (unpaired) electrons. The number of amides is 1. The summed E-state index contributed by atoms with van der Waals surface area (Å²) in [7, 11) is 0. The Balaban J connectivity index is 1.96. The van der Waals surface area contributed by atoms with Crippen LogP contribution in [0, 0.1) is 5.92 Å². The molecule has 2 aromatic rings. The van der Waals surface area contributed by atoms with Crippen molar-refractivity contribution in [2.24, 2.45) is 5.92 Å². The lowest BCUT2D eigenvalue weighted by Gasteiger charge is -2.46. The number of hydrogen-bond donors (Lipinski definition) is 2. The third-order valence-electron chi connectivity index (χ3n) is 6.58. The maximum absolute atomic E-state index is 13.8. The van der Waals surface area contributed by atoms with Gasteiger partial charge in [0.1, 0.15) is 5.92 Å². The summed E-state index contributed by atoms with van der Waals surface area (Å²) in [4.78, 5) is 40.0. The standard InChI is InChI=1S/C24H23Cl2NO5/c25-13-10-11-16(18(26)12-13)21-20(24(31)32)14-6-4-5-7-15(14)22(28)27(21)19-9-3-1-2-8-17(19)23(29)30/h4-7,10-12,17,19-21H,1-3,8-9H2,(H,29,30)(H,31,32). The molecule has 4 rings (SSSR count). The van der Waals surface area contributed by atoms with Gasteiger partial charge in [-0.05, 0) is 42.2 Å². The molecule has 1 fully saturated rings. The average molecular weight is 476 g/mol. The van der Waals surface area contributed by atoms with Crippen LogP contribution in [0.5, 0.6) is 0 Å². The molecule has 0 aromatic heterocycles. The summed E-state index contributed by atoms with van der Waals surface area (Å²) in [6, 6.07) is 9.78. The average Bonchev–Trinajstić information content (AvgIpc) is 2.99. The number of carbonyl (C=O) groups is 3. The van der Waals surface area contributed by atoms with Crippen molar-refractivity contribution in [2.75, 3.05) is 0 Å². The first-order valence-corrected chi connectivity index (χ1v) is 11.4. The predicted molar refractivity (Wildman–Crippen MR) is 120 cm³/mol. The van der Waals surface area contributed by atoms with Crippen molar-refractivity contribution >= 4 is 41.0 Å². The van der Waals surface area contributed by atoms with E-state index >= 15 is 0 Å². The van der Waals surface area contributed by atoms with Gasteiger partial charge in [0.2, 0.25) is 0 Å². The third kappa shape index (κ3) is 3.97. The Hall–Kier alpha value is -2.57. The highest BCUT2D eigenvalue weighted by molar-refractivity contribution is 6.35. The molecule has 1 amide bonds. The van der Waals surface area contributed by atoms with Gasteiger partial charge in [-0.2, -0.15) is 0 Å². The van der Waals surface area contributed by atoms with Crippen LogP contribution < -0.4 is 0 Å². The molecule has 0 bridgehead atoms. The van der Waals surface area contributed by atoms with E-state index in [1.807, 2.05) is 0 Å². The van der Waals surface area contributed by atoms with Gasteiger partial charge in [0.15, 0.2) is 0 Å². The van der Waals surface area contributed by atoms with Gasteiger partial charge in [0.25, 0.3) is 5.91 Å². The first-order chi connectivity index (χ1) is 15.3. The third-order valence-corrected chi connectivity index (χ3v) is 7.14. The summed E-state index contributed by atoms with van der Waals surface area (Å²) in [6.45, 7) is 0. The number of carbonyl (C=O) groups excluding carboxylic acids is 1. The zero-order valence-electron chi connectivity index (χ0n) is 17.2. The number of nitrogens with zero attached hydrogens (tertiary/aromatic N) is 1. The molecule has 1 aliphatic carbocycles. The van der Waals surface area contributed by atoms with Crippen LogP contribution in [0.3, 0.4) is 0 Å². The first kappa shape index (κ1) is 22.6. The smallest absolute Gasteiger partial charge is 0.313 e. The zero-order valence-corrected chi connectivity index (χ0v) is 18.7. The number of fused-ring (bicyclic) bond motifs is 1. The minimum Gasteiger partial charge on any atom is -0.481 e. The van der Waals surface area contributed by atoms with Crippen molar-refractivity contribution in [3.8, 4) is 0 Å². The van der Waals surface area contributed by atoms with Gasteiger partial charge in [-0.25, -0.2) is 0 Å². The summed E-state index contributed by atoms with van der Waals surface area (Å²) >= 11 is 12.6. The summed E-state index contributed by atoms with van der Waals surface area (Å²) in [5.41, 5.74) is 1.13. The van der Waals surface area contributed by atoms with Crippen LogP contribution in [0.2, 0.25) is 10.0 Å². The van der Waals surface area contributed by atoms with Crippen LogP contribution in [-0.2, 0) is 9.59 Å². The number of carboxylic acids is 2. The Morgan fingerprint density at radius 2 is 1.62 bits per heavy atom. The number of aliphatic carboxylic acids is 2. The van der Waals surface area contributed by atoms with Gasteiger partial charge < -0.3 is 15.1 Å². The van der Waals surface area contributed by atoms with Gasteiger partial charge >= 0.3 is 11.9 Å². The van der Waals surface area contributed by atoms with E-state index in [4.69, 9.17) is 23.2 Å². The van der Waals surface area contributed by atoms with E-state index < -0.39 is 35.9 Å². The molecule has 8 heteroatoms. The van der Waals surface area contributed by atoms with Crippen LogP contribution in [0.15, 0.2) is 42.5 Å². The molecule has 4 unspecified atom stereocenters. The van der Waals surface area contributed by atoms with E-state index in [1.54, 1.807) is 36.4 Å². The Labute approximate surface area is 195 Å². The van der Waals surface area contributed by atoms with Gasteiger partial charge in [-0.1, -0.05) is 66.7 Å². The second-order valence-electron chi connectivity index (χ2n) is 8.38. The number of rotatable bonds is 4. The molecule has 2 aromatic carbocycles. The van der Waals surface area contributed by atoms with Crippen LogP contribution in [0.4, 0.5) is 0 Å². The molecule has 1 saturated carbocycles. The van der Waals surface area contributed by atoms with Crippen LogP contribution in [0.25, 0.3) is 0 Å². The van der Waals surface area contributed by atoms with Crippen LogP contribution in [-0.4, -0.2) is 39.0 Å². The fraction of sp³-hybridized carbons (Fsp3) is 0.375. The van der Waals surface area contributed by atoms with E-state index in [0.29, 0.717) is 29.0 Å². The highest BCUT2D eigenvalue weighted by Gasteiger charge is 2.49. The topological polar surface area (TPSA) is 94.9 Å². The summed E-state index contributed by atoms with van der Waals surface area (Å²) in [5.74, 6) is -4.33. The molecule has 2 N–H and O–H groups in total. The fourth-order valence-corrected chi connectivity index (χ4v) is 5.68. The molecule has 32 heavy (non-hydrogen) atoms. The predicted octanol–water partition coefficient (Wildman–Crippen LogP) is 5.39. The van der Waals surface area contributed by atoms with Crippen molar-refractivity contribution in [3.63, 3.8) is 0 Å². The lowest BCUT2D eigenvalue weighted by molar-refractivity contribution is -0.145. The molecule has 1 heterocycles. The van der Waals surface area contributed by atoms with Gasteiger partial charge in [-0.3, -0.25) is 14.4 Å². The number of hydrogen-bond acceptors (Lipinski definition) is 3. The first-order valence-electron chi connectivity index (χ1n) is 10.6. The highest BCUT2D eigenvalue weighted by atomic mass is 35.5. The van der Waals surface area contributed by atoms with Gasteiger partial charge in [0.05, 0.1) is 12.0 Å². The van der Waals surface area contributed by atoms with Crippen LogP contribution in [0.1, 0.15) is 65.5 Å². The molecule has 1 aliphatic heterocycles. The summed E-state index contributed by atoms with van der Waals surface area (Å²) in [6.07, 6.45) is 3.30. The maximum atomic E-state index is 13.8. The lowest BCUT2D eigenvalue weighted by atomic mass is 9.77. The fourth-order valence-electron chi connectivity index (χ4n) is 5.16. The van der Waals surface area contributed by atoms with Crippen molar-refractivity contribution in [3.05, 3.63) is 69.2 Å². The van der Waals surface area contributed by atoms with Crippen molar-refractivity contribution in [2.45, 2.75) is 50.1 Å². The minimum atomic E-state index is -1.11. The highest BCUT2D eigenvalue weighted by Crippen LogP contribution is 2.48. The molecule has 168 valence electrons. The minimum absolute atomic E-state index is 0.242. The number of halogens is 2. The van der Waals surface area contributed by atoms with Gasteiger partial charge in [-0.15, -0.1) is 0 Å². The largest absolute Gasteiger partial charge is 0.481 e. The zero-order chi connectivity index (χ0) is 23.0. The number of carboxylic acid groups (broad SMARTS) is 2. The summed E-state index contributed by atoms with van der Waals surface area (Å²) in [5, 5.41) is 20.9. The Morgan fingerprint density at radius 3 is 2.31 bits per heavy atom. The summed E-state index contributed by atoms with van der Waals surface area (Å²) < 4.78 is 0. The van der Waals surface area contributed by atoms with Gasteiger partial charge in [0, 0.05) is 21.7 Å². The molecular weight excluding hydrogens is 453 g/mol. The Morgan fingerprint density at radius 1 is 0.906 bits per heavy atom. The van der Waals surface area contributed by atoms with E-state index in [-0.39, 0.29) is 16.5 Å². The molecule has 0 spiro atoms. The molecular formula is C24H23Cl2NO5. The molecule has 2 aliphatic rings. The lowest BCUT2D eigenvalue weighted by Crippen LogP contribution is -2.53. The van der Waals surface area contributed by atoms with Crippen molar-refractivity contribution < 1.29 is 24.6 Å². The molecule has 6 nitrogen and oxygen atoms in total. The van der Waals surface area contributed by atoms with Crippen LogP contribution >= 0.6 is 23.2 Å². The molecule has 4 atom stereocenters. The SMILES string of the molecule is O=C(O)C1CCCCCC1N1C(=O)c2ccccc2C(C(=O)O)C1c1ccc(Cl)cc1Cl. The second-order valence-corrected chi connectivity index (χ2v) is 9.22. The number of benzene rings is 2. The van der Waals surface area contributed by atoms with E-state index in [1.165, 1.54) is 11.0 Å². The monoisotopic (exact) mass is 475 g/mol. The van der Waals surface area contributed by atoms with Crippen molar-refractivity contribution in [1.29, 1.82) is 0 Å². The van der Waals surface area contributed by atoms with E-state index in [2.05, 4.69) is 0 Å². The van der Waals surface area contributed by atoms with E-state index in [9.17, 15) is 24.6 Å². The maximum Gasteiger partial charge on any atom is 0.313 e. The quantitative estimate of drug-likeness (QED) is 0.577. The Bertz CT molecular complexity index is 1070. The molecule has 0 saturated heterocycles. The normalized spacial score (nSPS) is 25.7.